The Bertz CT molecular complexity index is 762. The van der Waals surface area contributed by atoms with Crippen molar-refractivity contribution in [2.24, 2.45) is 0 Å². The molecule has 0 saturated heterocycles. The Morgan fingerprint density at radius 1 is 0.933 bits per heavy atom. The van der Waals surface area contributed by atoms with Crippen molar-refractivity contribution in [3.63, 3.8) is 0 Å². The van der Waals surface area contributed by atoms with Gasteiger partial charge < -0.3 is 15.0 Å². The Morgan fingerprint density at radius 2 is 1.53 bits per heavy atom. The monoisotopic (exact) mass is 410 g/mol. The molecule has 30 heavy (non-hydrogen) atoms. The minimum absolute atomic E-state index is 0.0199. The maximum Gasteiger partial charge on any atom is 0.242 e. The number of hydrogen-bond acceptors (Lipinski definition) is 3. The number of carbonyl (C=O) groups is 2. The van der Waals surface area contributed by atoms with E-state index in [0.717, 1.165) is 17.5 Å². The number of ether oxygens (including phenoxy) is 1. The molecule has 1 unspecified atom stereocenters. The van der Waals surface area contributed by atoms with Gasteiger partial charge in [-0.05, 0) is 44.7 Å². The van der Waals surface area contributed by atoms with Gasteiger partial charge in [-0.3, -0.25) is 9.59 Å². The molecule has 0 heterocycles. The summed E-state index contributed by atoms with van der Waals surface area (Å²) in [6.07, 6.45) is 1.96. The fourth-order valence-electron chi connectivity index (χ4n) is 3.15. The smallest absolute Gasteiger partial charge is 0.242 e. The highest BCUT2D eigenvalue weighted by Gasteiger charge is 2.25. The third kappa shape index (κ3) is 8.37. The predicted octanol–water partition coefficient (Wildman–Crippen LogP) is 3.97. The van der Waals surface area contributed by atoms with E-state index in [4.69, 9.17) is 4.74 Å². The number of nitrogens with zero attached hydrogens (tertiary/aromatic N) is 1. The third-order valence-corrected chi connectivity index (χ3v) is 4.90. The van der Waals surface area contributed by atoms with Crippen LogP contribution in [-0.4, -0.2) is 42.0 Å². The third-order valence-electron chi connectivity index (χ3n) is 4.90. The van der Waals surface area contributed by atoms with E-state index in [1.54, 1.807) is 11.8 Å². The van der Waals surface area contributed by atoms with Crippen molar-refractivity contribution in [1.29, 1.82) is 0 Å². The zero-order valence-corrected chi connectivity index (χ0v) is 18.3. The molecule has 5 heteroatoms. The van der Waals surface area contributed by atoms with Crippen molar-refractivity contribution in [3.05, 3.63) is 71.8 Å². The molecule has 0 aliphatic heterocycles. The van der Waals surface area contributed by atoms with Gasteiger partial charge in [0.2, 0.25) is 11.8 Å². The van der Waals surface area contributed by atoms with E-state index in [1.807, 2.05) is 74.5 Å². The molecule has 0 spiro atoms. The molecule has 0 saturated carbocycles. The van der Waals surface area contributed by atoms with Gasteiger partial charge in [0.15, 0.2) is 0 Å². The van der Waals surface area contributed by atoms with Crippen LogP contribution in [0.4, 0.5) is 0 Å². The summed E-state index contributed by atoms with van der Waals surface area (Å²) in [4.78, 5) is 27.4. The van der Waals surface area contributed by atoms with E-state index in [-0.39, 0.29) is 17.9 Å². The summed E-state index contributed by atoms with van der Waals surface area (Å²) in [5, 5.41) is 2.94. The van der Waals surface area contributed by atoms with Crippen molar-refractivity contribution in [1.82, 2.24) is 10.2 Å². The minimum atomic E-state index is -0.542. The van der Waals surface area contributed by atoms with Gasteiger partial charge >= 0.3 is 0 Å². The number of benzene rings is 2. The molecule has 2 aromatic rings. The van der Waals surface area contributed by atoms with Crippen LogP contribution in [0.15, 0.2) is 60.7 Å². The van der Waals surface area contributed by atoms with Crippen LogP contribution in [-0.2, 0) is 27.3 Å². The number of nitrogens with one attached hydrogen (secondary N) is 1. The fraction of sp³-hybridized carbons (Fsp3) is 0.440. The second kappa shape index (κ2) is 12.8. The number of amides is 2. The van der Waals surface area contributed by atoms with Gasteiger partial charge in [-0.15, -0.1) is 0 Å². The minimum Gasteiger partial charge on any atom is -0.379 e. The second-order valence-corrected chi connectivity index (χ2v) is 7.73. The molecule has 2 amide bonds. The van der Waals surface area contributed by atoms with Crippen molar-refractivity contribution in [2.45, 2.75) is 58.7 Å². The van der Waals surface area contributed by atoms with E-state index in [9.17, 15) is 9.59 Å². The highest BCUT2D eigenvalue weighted by molar-refractivity contribution is 5.87. The average molecular weight is 411 g/mol. The van der Waals surface area contributed by atoms with Gasteiger partial charge in [0.25, 0.3) is 0 Å². The molecule has 1 atom stereocenters. The molecule has 1 N–H and O–H groups in total. The summed E-state index contributed by atoms with van der Waals surface area (Å²) >= 11 is 0. The highest BCUT2D eigenvalue weighted by atomic mass is 16.5. The summed E-state index contributed by atoms with van der Waals surface area (Å²) in [7, 11) is 0. The topological polar surface area (TPSA) is 58.6 Å². The van der Waals surface area contributed by atoms with Crippen LogP contribution in [0.25, 0.3) is 0 Å². The Labute approximate surface area is 180 Å². The largest absolute Gasteiger partial charge is 0.379 e. The first-order valence-electron chi connectivity index (χ1n) is 10.7. The average Bonchev–Trinajstić information content (AvgIpc) is 2.76. The first-order valence-corrected chi connectivity index (χ1v) is 10.7. The normalized spacial score (nSPS) is 11.9. The van der Waals surface area contributed by atoms with Crippen LogP contribution in [0.3, 0.4) is 0 Å². The summed E-state index contributed by atoms with van der Waals surface area (Å²) in [5.74, 6) is -0.156. The summed E-state index contributed by atoms with van der Waals surface area (Å²) in [5.41, 5.74) is 2.13. The molecule has 2 rings (SSSR count). The van der Waals surface area contributed by atoms with E-state index in [0.29, 0.717) is 32.5 Å². The van der Waals surface area contributed by atoms with E-state index in [2.05, 4.69) is 5.32 Å². The lowest BCUT2D eigenvalue weighted by Gasteiger charge is -2.29. The lowest BCUT2D eigenvalue weighted by atomic mass is 10.1. The molecular weight excluding hydrogens is 376 g/mol. The number of hydrogen-bond donors (Lipinski definition) is 1. The second-order valence-electron chi connectivity index (χ2n) is 7.73. The Kier molecular flexibility index (Phi) is 10.1. The molecule has 2 aromatic carbocycles. The quantitative estimate of drug-likeness (QED) is 0.539. The molecule has 0 aliphatic carbocycles. The van der Waals surface area contributed by atoms with Gasteiger partial charge in [-0.2, -0.15) is 0 Å². The Hall–Kier alpha value is -2.66. The number of rotatable bonds is 12. The molecular formula is C25H34N2O3. The predicted molar refractivity (Wildman–Crippen MR) is 120 cm³/mol. The zero-order chi connectivity index (χ0) is 21.8. The maximum atomic E-state index is 13.0. The standard InChI is InChI=1S/C25H34N2O3/c1-20(2)30-18-10-17-26-25(29)21(3)27(19-23-13-8-5-9-14-23)24(28)16-15-22-11-6-4-7-12-22/h4-9,11-14,20-21H,10,15-19H2,1-3H3,(H,26,29). The van der Waals surface area contributed by atoms with Crippen molar-refractivity contribution < 1.29 is 14.3 Å². The molecule has 0 aliphatic rings. The molecule has 0 radical (unpaired) electrons. The lowest BCUT2D eigenvalue weighted by molar-refractivity contribution is -0.140. The molecule has 0 aromatic heterocycles. The zero-order valence-electron chi connectivity index (χ0n) is 18.3. The van der Waals surface area contributed by atoms with E-state index >= 15 is 0 Å². The number of carbonyl (C=O) groups excluding carboxylic acids is 2. The maximum absolute atomic E-state index is 13.0. The van der Waals surface area contributed by atoms with Gasteiger partial charge in [-0.1, -0.05) is 60.7 Å². The summed E-state index contributed by atoms with van der Waals surface area (Å²) < 4.78 is 5.51. The van der Waals surface area contributed by atoms with Crippen LogP contribution in [0.5, 0.6) is 0 Å². The first kappa shape index (κ1) is 23.6. The van der Waals surface area contributed by atoms with Crippen molar-refractivity contribution in [3.8, 4) is 0 Å². The van der Waals surface area contributed by atoms with Gasteiger partial charge in [0.05, 0.1) is 6.10 Å². The SMILES string of the molecule is CC(C)OCCCNC(=O)C(C)N(Cc1ccccc1)C(=O)CCc1ccccc1. The van der Waals surface area contributed by atoms with E-state index < -0.39 is 6.04 Å². The van der Waals surface area contributed by atoms with Crippen LogP contribution >= 0.6 is 0 Å². The highest BCUT2D eigenvalue weighted by Crippen LogP contribution is 2.13. The van der Waals surface area contributed by atoms with Gasteiger partial charge in [0, 0.05) is 26.1 Å². The summed E-state index contributed by atoms with van der Waals surface area (Å²) in [6, 6.07) is 19.2. The van der Waals surface area contributed by atoms with Crippen LogP contribution in [0.1, 0.15) is 44.7 Å². The molecule has 0 bridgehead atoms. The molecule has 162 valence electrons. The first-order chi connectivity index (χ1) is 14.5. The molecule has 5 nitrogen and oxygen atoms in total. The van der Waals surface area contributed by atoms with Gasteiger partial charge in [-0.25, -0.2) is 0 Å². The van der Waals surface area contributed by atoms with E-state index in [1.165, 1.54) is 0 Å². The fourth-order valence-corrected chi connectivity index (χ4v) is 3.15. The van der Waals surface area contributed by atoms with Crippen molar-refractivity contribution >= 4 is 11.8 Å². The van der Waals surface area contributed by atoms with Gasteiger partial charge in [0.1, 0.15) is 6.04 Å². The van der Waals surface area contributed by atoms with Crippen molar-refractivity contribution in [2.75, 3.05) is 13.2 Å². The van der Waals surface area contributed by atoms with Crippen LogP contribution < -0.4 is 5.32 Å². The Morgan fingerprint density at radius 3 is 2.13 bits per heavy atom. The lowest BCUT2D eigenvalue weighted by Crippen LogP contribution is -2.48. The van der Waals surface area contributed by atoms with Crippen LogP contribution in [0, 0.1) is 0 Å². The number of aryl methyl sites for hydroxylation is 1. The summed E-state index contributed by atoms with van der Waals surface area (Å²) in [6.45, 7) is 7.33. The van der Waals surface area contributed by atoms with Crippen LogP contribution in [0.2, 0.25) is 0 Å². The Balaban J connectivity index is 1.97. The molecule has 0 fully saturated rings.